The third-order valence-corrected chi connectivity index (χ3v) is 1.78. The molecule has 0 amide bonds. The van der Waals surface area contributed by atoms with E-state index in [1.807, 2.05) is 13.8 Å². The van der Waals surface area contributed by atoms with Gasteiger partial charge in [0.25, 0.3) is 0 Å². The molecule has 0 aliphatic carbocycles. The third-order valence-electron chi connectivity index (χ3n) is 1.78. The number of likely N-dealkylation sites (N-methyl/N-ethyl adjacent to an activating group) is 1. The molecular formula is C9H21NO2. The molecule has 0 bridgehead atoms. The van der Waals surface area contributed by atoms with Gasteiger partial charge in [0, 0.05) is 13.1 Å². The minimum absolute atomic E-state index is 0.289. The number of nitrogens with zero attached hydrogens (tertiary/aromatic N) is 1. The van der Waals surface area contributed by atoms with Crippen molar-refractivity contribution in [3.63, 3.8) is 0 Å². The molecule has 1 heterocycles. The van der Waals surface area contributed by atoms with Crippen molar-refractivity contribution >= 4 is 0 Å². The molecule has 1 aliphatic rings. The van der Waals surface area contributed by atoms with Crippen LogP contribution in [0.5, 0.6) is 0 Å². The normalized spacial score (nSPS) is 25.5. The predicted molar refractivity (Wildman–Crippen MR) is 50.3 cm³/mol. The monoisotopic (exact) mass is 175 g/mol. The van der Waals surface area contributed by atoms with Crippen molar-refractivity contribution in [1.29, 1.82) is 0 Å². The quantitative estimate of drug-likeness (QED) is 0.637. The van der Waals surface area contributed by atoms with Crippen molar-refractivity contribution < 1.29 is 9.84 Å². The lowest BCUT2D eigenvalue weighted by Crippen LogP contribution is -2.32. The van der Waals surface area contributed by atoms with Crippen LogP contribution < -0.4 is 0 Å². The highest BCUT2D eigenvalue weighted by atomic mass is 16.5. The van der Waals surface area contributed by atoms with Crippen molar-refractivity contribution in [2.75, 3.05) is 32.8 Å². The van der Waals surface area contributed by atoms with E-state index in [2.05, 4.69) is 11.8 Å². The minimum Gasteiger partial charge on any atom is -0.389 e. The maximum atomic E-state index is 9.22. The van der Waals surface area contributed by atoms with Gasteiger partial charge in [0.05, 0.1) is 19.3 Å². The first kappa shape index (κ1) is 11.9. The van der Waals surface area contributed by atoms with Gasteiger partial charge < -0.3 is 9.84 Å². The largest absolute Gasteiger partial charge is 0.389 e. The molecule has 74 valence electrons. The molecule has 12 heavy (non-hydrogen) atoms. The molecule has 0 spiro atoms. The predicted octanol–water partition coefficient (Wildman–Crippen LogP) is 0.726. The van der Waals surface area contributed by atoms with Gasteiger partial charge >= 0.3 is 0 Å². The number of ether oxygens (including phenoxy) is 1. The molecule has 0 aromatic carbocycles. The van der Waals surface area contributed by atoms with Crippen molar-refractivity contribution in [3.05, 3.63) is 0 Å². The first-order valence-electron chi connectivity index (χ1n) is 4.81. The summed E-state index contributed by atoms with van der Waals surface area (Å²) in [5, 5.41) is 9.22. The Morgan fingerprint density at radius 2 is 2.17 bits per heavy atom. The summed E-state index contributed by atoms with van der Waals surface area (Å²) < 4.78 is 5.15. The van der Waals surface area contributed by atoms with E-state index < -0.39 is 0 Å². The number of aliphatic hydroxyl groups is 1. The van der Waals surface area contributed by atoms with Crippen LogP contribution in [0.25, 0.3) is 0 Å². The standard InChI is InChI=1S/C7H15NO2.C2H6/c1-2-8-3-4-10-6-7(9)5-8;1-2/h7,9H,2-6H2,1H3;1-2H3. The van der Waals surface area contributed by atoms with Crippen molar-refractivity contribution in [2.45, 2.75) is 26.9 Å². The minimum atomic E-state index is -0.289. The first-order chi connectivity index (χ1) is 5.83. The number of hydrogen-bond acceptors (Lipinski definition) is 3. The van der Waals surface area contributed by atoms with Crippen LogP contribution in [0.1, 0.15) is 20.8 Å². The Balaban J connectivity index is 0.000000561. The summed E-state index contributed by atoms with van der Waals surface area (Å²) in [7, 11) is 0. The summed E-state index contributed by atoms with van der Waals surface area (Å²) in [6.07, 6.45) is -0.289. The van der Waals surface area contributed by atoms with Gasteiger partial charge in [0.2, 0.25) is 0 Å². The van der Waals surface area contributed by atoms with Crippen molar-refractivity contribution in [1.82, 2.24) is 4.90 Å². The zero-order valence-electron chi connectivity index (χ0n) is 8.42. The Bertz CT molecular complexity index is 98.5. The fourth-order valence-corrected chi connectivity index (χ4v) is 1.14. The van der Waals surface area contributed by atoms with Crippen LogP contribution in [-0.2, 0) is 4.74 Å². The van der Waals surface area contributed by atoms with E-state index >= 15 is 0 Å². The molecule has 1 unspecified atom stereocenters. The van der Waals surface area contributed by atoms with Gasteiger partial charge in [-0.25, -0.2) is 0 Å². The van der Waals surface area contributed by atoms with E-state index in [4.69, 9.17) is 4.74 Å². The number of hydrogen-bond donors (Lipinski definition) is 1. The maximum absolute atomic E-state index is 9.22. The highest BCUT2D eigenvalue weighted by molar-refractivity contribution is 4.65. The second-order valence-corrected chi connectivity index (χ2v) is 2.62. The summed E-state index contributed by atoms with van der Waals surface area (Å²) in [5.41, 5.74) is 0. The third kappa shape index (κ3) is 4.70. The molecule has 1 aliphatic heterocycles. The van der Waals surface area contributed by atoms with Gasteiger partial charge in [-0.15, -0.1) is 0 Å². The lowest BCUT2D eigenvalue weighted by molar-refractivity contribution is 0.0567. The van der Waals surface area contributed by atoms with Crippen LogP contribution in [0.15, 0.2) is 0 Å². The molecule has 0 aromatic rings. The molecule has 0 radical (unpaired) electrons. The van der Waals surface area contributed by atoms with Gasteiger partial charge in [0.15, 0.2) is 0 Å². The molecule has 1 atom stereocenters. The molecule has 1 saturated heterocycles. The Hall–Kier alpha value is -0.120. The van der Waals surface area contributed by atoms with Gasteiger partial charge in [-0.2, -0.15) is 0 Å². The Labute approximate surface area is 75.3 Å². The van der Waals surface area contributed by atoms with Crippen LogP contribution in [0.4, 0.5) is 0 Å². The molecule has 0 aromatic heterocycles. The summed E-state index contributed by atoms with van der Waals surface area (Å²) >= 11 is 0. The maximum Gasteiger partial charge on any atom is 0.0900 e. The molecular weight excluding hydrogens is 154 g/mol. The molecule has 1 rings (SSSR count). The fraction of sp³-hybridized carbons (Fsp3) is 1.00. The second-order valence-electron chi connectivity index (χ2n) is 2.62. The zero-order valence-corrected chi connectivity index (χ0v) is 8.42. The summed E-state index contributed by atoms with van der Waals surface area (Å²) in [5.74, 6) is 0. The molecule has 1 fully saturated rings. The average Bonchev–Trinajstić information content (AvgIpc) is 2.33. The molecule has 1 N–H and O–H groups in total. The highest BCUT2D eigenvalue weighted by Gasteiger charge is 2.13. The Morgan fingerprint density at radius 1 is 1.50 bits per heavy atom. The van der Waals surface area contributed by atoms with Crippen molar-refractivity contribution in [3.8, 4) is 0 Å². The Kier molecular flexibility index (Phi) is 7.45. The lowest BCUT2D eigenvalue weighted by atomic mass is 10.3. The average molecular weight is 175 g/mol. The van der Waals surface area contributed by atoms with E-state index in [0.717, 1.165) is 26.2 Å². The van der Waals surface area contributed by atoms with Gasteiger partial charge in [-0.1, -0.05) is 20.8 Å². The summed E-state index contributed by atoms with van der Waals surface area (Å²) in [6, 6.07) is 0. The zero-order chi connectivity index (χ0) is 9.40. The summed E-state index contributed by atoms with van der Waals surface area (Å²) in [4.78, 5) is 2.19. The van der Waals surface area contributed by atoms with Crippen LogP contribution in [0.3, 0.4) is 0 Å². The topological polar surface area (TPSA) is 32.7 Å². The van der Waals surface area contributed by atoms with E-state index in [0.29, 0.717) is 6.61 Å². The highest BCUT2D eigenvalue weighted by Crippen LogP contribution is 1.98. The SMILES string of the molecule is CC.CCN1CCOCC(O)C1. The van der Waals surface area contributed by atoms with Crippen LogP contribution in [-0.4, -0.2) is 49.0 Å². The molecule has 3 nitrogen and oxygen atoms in total. The van der Waals surface area contributed by atoms with E-state index in [9.17, 15) is 5.11 Å². The molecule has 0 saturated carbocycles. The number of aliphatic hydroxyl groups excluding tert-OH is 1. The summed E-state index contributed by atoms with van der Waals surface area (Å²) in [6.45, 7) is 10.1. The fourth-order valence-electron chi connectivity index (χ4n) is 1.14. The van der Waals surface area contributed by atoms with Gasteiger partial charge in [0.1, 0.15) is 0 Å². The number of β-amino-alcohol motifs (C(OH)–C–C–N with tert-alkyl or cyclic N) is 1. The lowest BCUT2D eigenvalue weighted by Gasteiger charge is -2.17. The first-order valence-corrected chi connectivity index (χ1v) is 4.81. The number of rotatable bonds is 1. The van der Waals surface area contributed by atoms with E-state index in [-0.39, 0.29) is 6.10 Å². The Morgan fingerprint density at radius 3 is 2.75 bits per heavy atom. The van der Waals surface area contributed by atoms with Crippen LogP contribution in [0.2, 0.25) is 0 Å². The van der Waals surface area contributed by atoms with Gasteiger partial charge in [-0.3, -0.25) is 4.90 Å². The smallest absolute Gasteiger partial charge is 0.0900 e. The second kappa shape index (κ2) is 7.53. The van der Waals surface area contributed by atoms with E-state index in [1.54, 1.807) is 0 Å². The van der Waals surface area contributed by atoms with E-state index in [1.165, 1.54) is 0 Å². The van der Waals surface area contributed by atoms with Crippen LogP contribution >= 0.6 is 0 Å². The van der Waals surface area contributed by atoms with Crippen molar-refractivity contribution in [2.24, 2.45) is 0 Å². The molecule has 3 heteroatoms. The van der Waals surface area contributed by atoms with Crippen LogP contribution in [0, 0.1) is 0 Å². The van der Waals surface area contributed by atoms with Gasteiger partial charge in [-0.05, 0) is 6.54 Å².